The summed E-state index contributed by atoms with van der Waals surface area (Å²) in [6, 6.07) is 23.1. The molecule has 0 unspecified atom stereocenters. The number of fused-ring (bicyclic) bond motifs is 3. The third kappa shape index (κ3) is 4.90. The zero-order valence-electron chi connectivity index (χ0n) is 16.8. The van der Waals surface area contributed by atoms with Crippen molar-refractivity contribution in [3.8, 4) is 11.1 Å². The Morgan fingerprint density at radius 2 is 1.52 bits per heavy atom. The van der Waals surface area contributed by atoms with E-state index < -0.39 is 18.1 Å². The number of rotatable bonds is 7. The molecule has 0 saturated heterocycles. The third-order valence-corrected chi connectivity index (χ3v) is 6.29. The van der Waals surface area contributed by atoms with E-state index in [0.717, 1.165) is 31.4 Å². The minimum absolute atomic E-state index is 0.0618. The first-order valence-electron chi connectivity index (χ1n) is 10.1. The predicted molar refractivity (Wildman–Crippen MR) is 127 cm³/mol. The zero-order valence-corrected chi connectivity index (χ0v) is 18.9. The van der Waals surface area contributed by atoms with Gasteiger partial charge in [0.2, 0.25) is 0 Å². The standard InChI is InChI=1S/C25H22INO4/c26-17-12-9-16(10-13-17)11-14-23(24(28)29)27-25(30)31-15-22-20-7-3-1-5-18(20)19-6-2-4-8-21(19)22/h1-10,12-13,22-23H,11,14-15H2,(H,27,30)(H,28,29)/t23-/m1/s1. The second kappa shape index (κ2) is 9.51. The summed E-state index contributed by atoms with van der Waals surface area (Å²) in [5, 5.41) is 12.0. The summed E-state index contributed by atoms with van der Waals surface area (Å²) < 4.78 is 6.59. The number of benzene rings is 3. The van der Waals surface area contributed by atoms with Crippen LogP contribution in [0, 0.1) is 3.57 Å². The predicted octanol–water partition coefficient (Wildman–Crippen LogP) is 5.22. The summed E-state index contributed by atoms with van der Waals surface area (Å²) in [5.41, 5.74) is 5.55. The van der Waals surface area contributed by atoms with Gasteiger partial charge in [-0.25, -0.2) is 9.59 Å². The van der Waals surface area contributed by atoms with Crippen LogP contribution in [-0.4, -0.2) is 29.8 Å². The van der Waals surface area contributed by atoms with Crippen LogP contribution in [0.4, 0.5) is 4.79 Å². The van der Waals surface area contributed by atoms with Crippen LogP contribution in [0.2, 0.25) is 0 Å². The number of ether oxygens (including phenoxy) is 1. The number of hydrogen-bond acceptors (Lipinski definition) is 3. The molecule has 4 rings (SSSR count). The number of carbonyl (C=O) groups excluding carboxylic acids is 1. The lowest BCUT2D eigenvalue weighted by Crippen LogP contribution is -2.41. The molecule has 3 aromatic carbocycles. The second-order valence-electron chi connectivity index (χ2n) is 7.53. The van der Waals surface area contributed by atoms with E-state index in [1.807, 2.05) is 60.7 Å². The molecule has 0 spiro atoms. The minimum Gasteiger partial charge on any atom is -0.480 e. The third-order valence-electron chi connectivity index (χ3n) is 5.57. The van der Waals surface area contributed by atoms with Crippen molar-refractivity contribution < 1.29 is 19.4 Å². The van der Waals surface area contributed by atoms with Gasteiger partial charge in [-0.1, -0.05) is 60.7 Å². The number of amides is 1. The lowest BCUT2D eigenvalue weighted by molar-refractivity contribution is -0.139. The van der Waals surface area contributed by atoms with Gasteiger partial charge in [-0.3, -0.25) is 0 Å². The van der Waals surface area contributed by atoms with Gasteiger partial charge < -0.3 is 15.2 Å². The van der Waals surface area contributed by atoms with Crippen molar-refractivity contribution in [1.29, 1.82) is 0 Å². The number of carboxylic acid groups (broad SMARTS) is 1. The van der Waals surface area contributed by atoms with Crippen LogP contribution < -0.4 is 5.32 Å². The SMILES string of the molecule is O=C(N[C@H](CCc1ccc(I)cc1)C(=O)O)OCC1c2ccccc2-c2ccccc21. The highest BCUT2D eigenvalue weighted by atomic mass is 127. The van der Waals surface area contributed by atoms with Crippen LogP contribution in [0.1, 0.15) is 29.0 Å². The van der Waals surface area contributed by atoms with Crippen molar-refractivity contribution in [2.75, 3.05) is 6.61 Å². The lowest BCUT2D eigenvalue weighted by Gasteiger charge is -2.17. The molecule has 6 heteroatoms. The van der Waals surface area contributed by atoms with Gasteiger partial charge in [0.25, 0.3) is 0 Å². The van der Waals surface area contributed by atoms with E-state index in [1.54, 1.807) is 0 Å². The van der Waals surface area contributed by atoms with Crippen molar-refractivity contribution in [1.82, 2.24) is 5.32 Å². The fraction of sp³-hybridized carbons (Fsp3) is 0.200. The molecule has 158 valence electrons. The molecule has 0 aliphatic heterocycles. The number of nitrogens with one attached hydrogen (secondary N) is 1. The molecule has 5 nitrogen and oxygen atoms in total. The van der Waals surface area contributed by atoms with Gasteiger partial charge in [0, 0.05) is 9.49 Å². The van der Waals surface area contributed by atoms with E-state index in [0.29, 0.717) is 12.8 Å². The smallest absolute Gasteiger partial charge is 0.407 e. The first-order chi connectivity index (χ1) is 15.0. The van der Waals surface area contributed by atoms with Gasteiger partial charge in [-0.2, -0.15) is 0 Å². The van der Waals surface area contributed by atoms with Gasteiger partial charge in [0.1, 0.15) is 12.6 Å². The molecule has 0 radical (unpaired) electrons. The highest BCUT2D eigenvalue weighted by Crippen LogP contribution is 2.44. The average molecular weight is 527 g/mol. The number of aliphatic carboxylic acids is 1. The van der Waals surface area contributed by atoms with Gasteiger partial charge >= 0.3 is 12.1 Å². The molecule has 0 bridgehead atoms. The van der Waals surface area contributed by atoms with E-state index in [4.69, 9.17) is 4.74 Å². The lowest BCUT2D eigenvalue weighted by atomic mass is 9.98. The number of halogens is 1. The van der Waals surface area contributed by atoms with Crippen molar-refractivity contribution in [3.05, 3.63) is 93.1 Å². The number of carboxylic acids is 1. The second-order valence-corrected chi connectivity index (χ2v) is 8.77. The maximum Gasteiger partial charge on any atom is 0.407 e. The molecule has 0 fully saturated rings. The Morgan fingerprint density at radius 3 is 2.10 bits per heavy atom. The van der Waals surface area contributed by atoms with Crippen molar-refractivity contribution in [2.24, 2.45) is 0 Å². The van der Waals surface area contributed by atoms with Gasteiger partial charge in [-0.15, -0.1) is 0 Å². The Bertz CT molecular complexity index is 1050. The highest BCUT2D eigenvalue weighted by molar-refractivity contribution is 14.1. The maximum absolute atomic E-state index is 12.4. The van der Waals surface area contributed by atoms with Gasteiger partial charge in [-0.05, 0) is 75.4 Å². The Labute approximate surface area is 194 Å². The molecular formula is C25H22INO4. The quantitative estimate of drug-likeness (QED) is 0.414. The molecular weight excluding hydrogens is 505 g/mol. The highest BCUT2D eigenvalue weighted by Gasteiger charge is 2.29. The Kier molecular flexibility index (Phi) is 6.56. The molecule has 1 aliphatic rings. The summed E-state index contributed by atoms with van der Waals surface area (Å²) in [6.07, 6.45) is 0.134. The van der Waals surface area contributed by atoms with Crippen LogP contribution >= 0.6 is 22.6 Å². The van der Waals surface area contributed by atoms with E-state index in [1.165, 1.54) is 0 Å². The van der Waals surface area contributed by atoms with Crippen molar-refractivity contribution in [2.45, 2.75) is 24.8 Å². The maximum atomic E-state index is 12.4. The molecule has 1 aliphatic carbocycles. The summed E-state index contributed by atoms with van der Waals surface area (Å²) >= 11 is 2.22. The average Bonchev–Trinajstić information content (AvgIpc) is 3.10. The first kappa shape index (κ1) is 21.4. The zero-order chi connectivity index (χ0) is 21.8. The molecule has 1 atom stereocenters. The number of alkyl carbamates (subject to hydrolysis) is 1. The van der Waals surface area contributed by atoms with E-state index in [9.17, 15) is 14.7 Å². The molecule has 0 heterocycles. The first-order valence-corrected chi connectivity index (χ1v) is 11.2. The van der Waals surface area contributed by atoms with Crippen LogP contribution in [-0.2, 0) is 16.0 Å². The normalized spacial score (nSPS) is 13.2. The molecule has 0 saturated carbocycles. The van der Waals surface area contributed by atoms with Crippen molar-refractivity contribution >= 4 is 34.7 Å². The van der Waals surface area contributed by atoms with E-state index in [2.05, 4.69) is 40.0 Å². The molecule has 2 N–H and O–H groups in total. The molecule has 31 heavy (non-hydrogen) atoms. The molecule has 3 aromatic rings. The van der Waals surface area contributed by atoms with Crippen LogP contribution in [0.25, 0.3) is 11.1 Å². The van der Waals surface area contributed by atoms with E-state index >= 15 is 0 Å². The number of hydrogen-bond donors (Lipinski definition) is 2. The molecule has 1 amide bonds. The summed E-state index contributed by atoms with van der Waals surface area (Å²) in [7, 11) is 0. The summed E-state index contributed by atoms with van der Waals surface area (Å²) in [6.45, 7) is 0.156. The minimum atomic E-state index is -1.07. The Morgan fingerprint density at radius 1 is 0.935 bits per heavy atom. The topological polar surface area (TPSA) is 75.6 Å². The summed E-state index contributed by atoms with van der Waals surface area (Å²) in [5.74, 6) is -1.13. The monoisotopic (exact) mass is 527 g/mol. The number of aryl methyl sites for hydroxylation is 1. The Hall–Kier alpha value is -2.87. The van der Waals surface area contributed by atoms with Crippen LogP contribution in [0.15, 0.2) is 72.8 Å². The van der Waals surface area contributed by atoms with Gasteiger partial charge in [0.15, 0.2) is 0 Å². The Balaban J connectivity index is 1.38. The fourth-order valence-corrected chi connectivity index (χ4v) is 4.36. The van der Waals surface area contributed by atoms with Crippen LogP contribution in [0.5, 0.6) is 0 Å². The van der Waals surface area contributed by atoms with E-state index in [-0.39, 0.29) is 12.5 Å². The van der Waals surface area contributed by atoms with Gasteiger partial charge in [0.05, 0.1) is 0 Å². The largest absolute Gasteiger partial charge is 0.480 e. The summed E-state index contributed by atoms with van der Waals surface area (Å²) in [4.78, 5) is 24.0. The molecule has 0 aromatic heterocycles. The van der Waals surface area contributed by atoms with Crippen molar-refractivity contribution in [3.63, 3.8) is 0 Å². The van der Waals surface area contributed by atoms with Crippen LogP contribution in [0.3, 0.4) is 0 Å². The number of carbonyl (C=O) groups is 2. The fourth-order valence-electron chi connectivity index (χ4n) is 4.00.